The summed E-state index contributed by atoms with van der Waals surface area (Å²) >= 11 is 9.82. The zero-order valence-electron chi connectivity index (χ0n) is 4.33. The summed E-state index contributed by atoms with van der Waals surface area (Å²) in [5.41, 5.74) is 0. The van der Waals surface area contributed by atoms with Crippen molar-refractivity contribution in [2.75, 3.05) is 6.35 Å². The highest BCUT2D eigenvalue weighted by Crippen LogP contribution is 2.56. The van der Waals surface area contributed by atoms with Crippen molar-refractivity contribution in [1.29, 1.82) is 0 Å². The van der Waals surface area contributed by atoms with Gasteiger partial charge in [-0.1, -0.05) is 0 Å². The van der Waals surface area contributed by atoms with Crippen LogP contribution in [-0.4, -0.2) is 14.8 Å². The molecule has 0 unspecified atom stereocenters. The van der Waals surface area contributed by atoms with Crippen molar-refractivity contribution in [2.24, 2.45) is 0 Å². The fourth-order valence-electron chi connectivity index (χ4n) is 0.124. The van der Waals surface area contributed by atoms with Crippen molar-refractivity contribution < 1.29 is 17.2 Å². The van der Waals surface area contributed by atoms with Gasteiger partial charge in [0, 0.05) is 10.7 Å². The second-order valence-electron chi connectivity index (χ2n) is 1.21. The molecule has 0 aromatic carbocycles. The van der Waals surface area contributed by atoms with Crippen molar-refractivity contribution in [2.45, 2.75) is 0 Å². The minimum absolute atomic E-state index is 0.804. The third-order valence-corrected chi connectivity index (χ3v) is 2.20. The smallest absolute Gasteiger partial charge is 0.287 e. The van der Waals surface area contributed by atoms with Crippen LogP contribution in [0, 0.1) is 0 Å². The third kappa shape index (κ3) is 9.01. The van der Waals surface area contributed by atoms with Gasteiger partial charge in [0.05, 0.1) is 0 Å². The van der Waals surface area contributed by atoms with Gasteiger partial charge >= 0.3 is 9.33 Å². The fraction of sp³-hybridized carbons (Fsp3) is 1.00. The molecule has 0 radical (unpaired) electrons. The van der Waals surface area contributed by atoms with Gasteiger partial charge in [-0.3, -0.25) is 4.57 Å². The van der Waals surface area contributed by atoms with E-state index in [2.05, 4.69) is 14.9 Å². The maximum Gasteiger partial charge on any atom is 0.356 e. The van der Waals surface area contributed by atoms with E-state index in [1.165, 1.54) is 0 Å². The summed E-state index contributed by atoms with van der Waals surface area (Å²) < 4.78 is 34.1. The molecule has 0 aliphatic rings. The highest BCUT2D eigenvalue weighted by atomic mass is 35.9. The van der Waals surface area contributed by atoms with Gasteiger partial charge in [0.1, 0.15) is 6.35 Å². The summed E-state index contributed by atoms with van der Waals surface area (Å²) in [4.78, 5) is 0. The lowest BCUT2D eigenvalue weighted by molar-refractivity contribution is 0.385. The standard InChI is InChI=1S/CH2Cl3O4PS/c2-9(3,5)1-8-10(4,6)7/h1H2. The molecule has 0 spiro atoms. The molecule has 0 bridgehead atoms. The van der Waals surface area contributed by atoms with Crippen LogP contribution in [0.4, 0.5) is 0 Å². The Kier molecular flexibility index (Phi) is 3.97. The van der Waals surface area contributed by atoms with Gasteiger partial charge in [0.25, 0.3) is 5.85 Å². The molecule has 0 rings (SSSR count). The monoisotopic (exact) mass is 246 g/mol. The molecule has 0 aromatic rings. The topological polar surface area (TPSA) is 60.4 Å². The Morgan fingerprint density at radius 1 is 1.40 bits per heavy atom. The Morgan fingerprint density at radius 2 is 1.80 bits per heavy atom. The third-order valence-electron chi connectivity index (χ3n) is 0.344. The molecular formula is CH2Cl3O4PS. The van der Waals surface area contributed by atoms with E-state index in [0.717, 1.165) is 0 Å². The van der Waals surface area contributed by atoms with Crippen LogP contribution in [0.15, 0.2) is 0 Å². The highest BCUT2D eigenvalue weighted by Gasteiger charge is 2.18. The van der Waals surface area contributed by atoms with Gasteiger partial charge in [-0.05, 0) is 22.5 Å². The van der Waals surface area contributed by atoms with Crippen molar-refractivity contribution in [3.63, 3.8) is 0 Å². The van der Waals surface area contributed by atoms with E-state index in [-0.39, 0.29) is 0 Å². The molecule has 62 valence electrons. The molecule has 0 amide bonds. The van der Waals surface area contributed by atoms with Gasteiger partial charge in [0.15, 0.2) is 0 Å². The number of halogens is 3. The Hall–Kier alpha value is 1.01. The van der Waals surface area contributed by atoms with Gasteiger partial charge in [-0.25, -0.2) is 4.18 Å². The maximum absolute atomic E-state index is 10.3. The first kappa shape index (κ1) is 11.0. The fourth-order valence-corrected chi connectivity index (χ4v) is 2.19. The zero-order chi connectivity index (χ0) is 8.41. The maximum atomic E-state index is 10.3. The average molecular weight is 247 g/mol. The minimum atomic E-state index is -4.13. The van der Waals surface area contributed by atoms with E-state index in [4.69, 9.17) is 22.5 Å². The van der Waals surface area contributed by atoms with Crippen LogP contribution in [0.2, 0.25) is 0 Å². The van der Waals surface area contributed by atoms with E-state index in [1.54, 1.807) is 0 Å². The zero-order valence-corrected chi connectivity index (χ0v) is 8.31. The Bertz CT molecular complexity index is 239. The first-order chi connectivity index (χ1) is 4.21. The number of hydrogen-bond donors (Lipinski definition) is 0. The summed E-state index contributed by atoms with van der Waals surface area (Å²) in [5, 5.41) is 0. The molecule has 0 aliphatic heterocycles. The van der Waals surface area contributed by atoms with E-state index in [9.17, 15) is 13.0 Å². The van der Waals surface area contributed by atoms with Crippen molar-refractivity contribution in [3.05, 3.63) is 0 Å². The molecule has 0 fully saturated rings. The molecule has 0 atom stereocenters. The molecule has 9 heteroatoms. The molecule has 0 saturated heterocycles. The summed E-state index contributed by atoms with van der Waals surface area (Å²) in [5.74, 6) is -3.50. The molecule has 10 heavy (non-hydrogen) atoms. The van der Waals surface area contributed by atoms with Gasteiger partial charge in [0.2, 0.25) is 0 Å². The summed E-state index contributed by atoms with van der Waals surface area (Å²) in [6.07, 6.45) is -0.804. The van der Waals surface area contributed by atoms with E-state index < -0.39 is 21.5 Å². The van der Waals surface area contributed by atoms with Crippen LogP contribution in [0.5, 0.6) is 0 Å². The summed E-state index contributed by atoms with van der Waals surface area (Å²) in [6.45, 7) is 0. The molecule has 0 aromatic heterocycles. The molecule has 0 saturated carbocycles. The van der Waals surface area contributed by atoms with Crippen LogP contribution in [0.1, 0.15) is 0 Å². The first-order valence-electron chi connectivity index (χ1n) is 1.78. The highest BCUT2D eigenvalue weighted by molar-refractivity contribution is 8.11. The lowest BCUT2D eigenvalue weighted by Crippen LogP contribution is -1.95. The molecule has 4 nitrogen and oxygen atoms in total. The minimum Gasteiger partial charge on any atom is -0.287 e. The largest absolute Gasteiger partial charge is 0.356 e. The van der Waals surface area contributed by atoms with Crippen molar-refractivity contribution in [1.82, 2.24) is 0 Å². The van der Waals surface area contributed by atoms with E-state index in [1.807, 2.05) is 0 Å². The van der Waals surface area contributed by atoms with Crippen molar-refractivity contribution in [3.8, 4) is 0 Å². The SMILES string of the molecule is O=P(Cl)(Cl)COS(=O)(=O)Cl. The van der Waals surface area contributed by atoms with Crippen LogP contribution in [0.25, 0.3) is 0 Å². The summed E-state index contributed by atoms with van der Waals surface area (Å²) in [7, 11) is 0.425. The van der Waals surface area contributed by atoms with Crippen LogP contribution in [-0.2, 0) is 18.1 Å². The predicted octanol–water partition coefficient (Wildman–Crippen LogP) is 2.11. The lowest BCUT2D eigenvalue weighted by Gasteiger charge is -1.98. The van der Waals surface area contributed by atoms with Gasteiger partial charge in [-0.2, -0.15) is 8.42 Å². The van der Waals surface area contributed by atoms with Gasteiger partial charge < -0.3 is 0 Å². The predicted molar refractivity (Wildman–Crippen MR) is 40.0 cm³/mol. The average Bonchev–Trinajstić information content (AvgIpc) is 1.57. The second-order valence-corrected chi connectivity index (χ2v) is 8.56. The van der Waals surface area contributed by atoms with Crippen LogP contribution >= 0.6 is 39.0 Å². The Labute approximate surface area is 72.0 Å². The van der Waals surface area contributed by atoms with Gasteiger partial charge in [-0.15, -0.1) is 0 Å². The van der Waals surface area contributed by atoms with Crippen LogP contribution < -0.4 is 0 Å². The van der Waals surface area contributed by atoms with E-state index in [0.29, 0.717) is 0 Å². The Balaban J connectivity index is 3.92. The van der Waals surface area contributed by atoms with Crippen LogP contribution in [0.3, 0.4) is 0 Å². The lowest BCUT2D eigenvalue weighted by atomic mass is 11.7. The second kappa shape index (κ2) is 3.61. The Morgan fingerprint density at radius 3 is 1.90 bits per heavy atom. The first-order valence-corrected chi connectivity index (χ1v) is 7.72. The van der Waals surface area contributed by atoms with Crippen molar-refractivity contribution >= 4 is 48.3 Å². The molecular weight excluding hydrogens is 245 g/mol. The normalized spacial score (nSPS) is 13.5. The summed E-state index contributed by atoms with van der Waals surface area (Å²) in [6, 6.07) is 0. The number of hydrogen-bond acceptors (Lipinski definition) is 4. The molecule has 0 heterocycles. The quantitative estimate of drug-likeness (QED) is 0.566. The number of rotatable bonds is 3. The van der Waals surface area contributed by atoms with E-state index >= 15 is 0 Å². The molecule has 0 N–H and O–H groups in total. The molecule has 0 aliphatic carbocycles.